The van der Waals surface area contributed by atoms with Crippen molar-refractivity contribution < 1.29 is 19.1 Å². The molecule has 0 saturated carbocycles. The van der Waals surface area contributed by atoms with Gasteiger partial charge in [0.15, 0.2) is 0 Å². The van der Waals surface area contributed by atoms with Gasteiger partial charge >= 0.3 is 5.97 Å². The van der Waals surface area contributed by atoms with Gasteiger partial charge in [-0.05, 0) is 47.7 Å². The van der Waals surface area contributed by atoms with Gasteiger partial charge in [-0.2, -0.15) is 0 Å². The Bertz CT molecular complexity index is 813. The number of thiophene rings is 1. The number of ether oxygens (including phenoxy) is 1. The maximum atomic E-state index is 12.3. The molecule has 26 heavy (non-hydrogen) atoms. The molecule has 0 radical (unpaired) electrons. The molecule has 6 nitrogen and oxygen atoms in total. The van der Waals surface area contributed by atoms with E-state index in [-0.39, 0.29) is 24.8 Å². The summed E-state index contributed by atoms with van der Waals surface area (Å²) < 4.78 is 4.62. The number of hydrogen-bond acceptors (Lipinski definition) is 5. The van der Waals surface area contributed by atoms with Crippen LogP contribution in [0.15, 0.2) is 35.7 Å². The first-order chi connectivity index (χ1) is 12.6. The zero-order valence-electron chi connectivity index (χ0n) is 14.5. The Kier molecular flexibility index (Phi) is 5.68. The molecular weight excluding hydrogens is 352 g/mol. The van der Waals surface area contributed by atoms with Crippen LogP contribution in [0.1, 0.15) is 37.6 Å². The topological polar surface area (TPSA) is 75.7 Å². The highest BCUT2D eigenvalue weighted by molar-refractivity contribution is 7.10. The normalized spacial score (nSPS) is 13.0. The van der Waals surface area contributed by atoms with Gasteiger partial charge in [-0.1, -0.05) is 0 Å². The fourth-order valence-corrected chi connectivity index (χ4v) is 3.77. The van der Waals surface area contributed by atoms with Crippen LogP contribution in [-0.2, 0) is 22.5 Å². The lowest BCUT2D eigenvalue weighted by Crippen LogP contribution is -2.37. The molecule has 1 aromatic carbocycles. The molecule has 136 valence electrons. The molecule has 0 atom stereocenters. The summed E-state index contributed by atoms with van der Waals surface area (Å²) in [7, 11) is 1.31. The fraction of sp³-hybridized carbons (Fsp3) is 0.316. The highest BCUT2D eigenvalue weighted by atomic mass is 32.1. The Balaban J connectivity index is 1.46. The molecular formula is C19H20N2O4S. The van der Waals surface area contributed by atoms with Crippen molar-refractivity contribution in [2.24, 2.45) is 0 Å². The molecule has 2 amide bonds. The number of fused-ring (bicyclic) bond motifs is 1. The Labute approximate surface area is 155 Å². The summed E-state index contributed by atoms with van der Waals surface area (Å²) in [5, 5.41) is 4.81. The molecule has 2 heterocycles. The van der Waals surface area contributed by atoms with Gasteiger partial charge in [0.1, 0.15) is 0 Å². The smallest absolute Gasteiger partial charge is 0.337 e. The van der Waals surface area contributed by atoms with Crippen LogP contribution < -0.4 is 5.32 Å². The molecule has 0 saturated heterocycles. The number of rotatable bonds is 5. The molecule has 7 heteroatoms. The number of benzene rings is 1. The van der Waals surface area contributed by atoms with E-state index in [0.29, 0.717) is 17.7 Å². The zero-order valence-corrected chi connectivity index (χ0v) is 15.3. The second-order valence-electron chi connectivity index (χ2n) is 6.01. The van der Waals surface area contributed by atoms with E-state index < -0.39 is 5.97 Å². The molecule has 2 aromatic rings. The van der Waals surface area contributed by atoms with Crippen LogP contribution in [0, 0.1) is 0 Å². The van der Waals surface area contributed by atoms with Crippen LogP contribution in [0.25, 0.3) is 0 Å². The predicted octanol–water partition coefficient (Wildman–Crippen LogP) is 2.24. The van der Waals surface area contributed by atoms with Crippen LogP contribution in [0.5, 0.6) is 0 Å². The minimum atomic E-state index is -0.446. The molecule has 1 N–H and O–H groups in total. The number of carbonyl (C=O) groups excluding carboxylic acids is 3. The van der Waals surface area contributed by atoms with E-state index in [1.807, 2.05) is 4.90 Å². The van der Waals surface area contributed by atoms with Gasteiger partial charge < -0.3 is 15.0 Å². The van der Waals surface area contributed by atoms with Crippen LogP contribution in [0.2, 0.25) is 0 Å². The second-order valence-corrected chi connectivity index (χ2v) is 7.01. The molecule has 1 aliphatic rings. The molecule has 0 bridgehead atoms. The summed E-state index contributed by atoms with van der Waals surface area (Å²) in [5.74, 6) is -0.672. The molecule has 3 rings (SSSR count). The molecule has 1 aromatic heterocycles. The fourth-order valence-electron chi connectivity index (χ4n) is 2.88. The first-order valence-corrected chi connectivity index (χ1v) is 9.26. The number of nitrogens with one attached hydrogen (secondary N) is 1. The first-order valence-electron chi connectivity index (χ1n) is 8.38. The minimum absolute atomic E-state index is 0.0446. The van der Waals surface area contributed by atoms with Crippen molar-refractivity contribution in [2.75, 3.05) is 20.2 Å². The van der Waals surface area contributed by atoms with Crippen molar-refractivity contribution in [1.29, 1.82) is 0 Å². The summed E-state index contributed by atoms with van der Waals surface area (Å²) in [6.07, 6.45) is 1.17. The first kappa shape index (κ1) is 18.1. The maximum absolute atomic E-state index is 12.3. The van der Waals surface area contributed by atoms with Crippen LogP contribution in [0.4, 0.5) is 0 Å². The molecule has 0 fully saturated rings. The number of methoxy groups -OCH3 is 1. The Morgan fingerprint density at radius 3 is 2.62 bits per heavy atom. The standard InChI is InChI=1S/C19H20N2O4S/c1-25-19(24)14-4-2-13(3-5-14)18(23)20-9-6-17(22)21-10-7-16-15(12-21)8-11-26-16/h2-5,8,11H,6-7,9-10,12H2,1H3,(H,20,23). The van der Waals surface area contributed by atoms with E-state index in [9.17, 15) is 14.4 Å². The zero-order chi connectivity index (χ0) is 18.5. The summed E-state index contributed by atoms with van der Waals surface area (Å²) >= 11 is 1.74. The Morgan fingerprint density at radius 1 is 1.15 bits per heavy atom. The summed E-state index contributed by atoms with van der Waals surface area (Å²) in [6.45, 7) is 1.67. The minimum Gasteiger partial charge on any atom is -0.465 e. The van der Waals surface area contributed by atoms with Crippen molar-refractivity contribution in [1.82, 2.24) is 10.2 Å². The molecule has 0 spiro atoms. The van der Waals surface area contributed by atoms with Gasteiger partial charge in [0.05, 0.1) is 12.7 Å². The van der Waals surface area contributed by atoms with Crippen molar-refractivity contribution in [3.05, 3.63) is 57.3 Å². The van der Waals surface area contributed by atoms with Crippen molar-refractivity contribution in [2.45, 2.75) is 19.4 Å². The van der Waals surface area contributed by atoms with E-state index >= 15 is 0 Å². The van der Waals surface area contributed by atoms with Crippen LogP contribution in [0.3, 0.4) is 0 Å². The summed E-state index contributed by atoms with van der Waals surface area (Å²) in [4.78, 5) is 39.0. The van der Waals surface area contributed by atoms with Gasteiger partial charge in [-0.15, -0.1) is 11.3 Å². The van der Waals surface area contributed by atoms with Gasteiger partial charge in [-0.25, -0.2) is 4.79 Å². The Morgan fingerprint density at radius 2 is 1.88 bits per heavy atom. The van der Waals surface area contributed by atoms with E-state index in [4.69, 9.17) is 0 Å². The maximum Gasteiger partial charge on any atom is 0.337 e. The predicted molar refractivity (Wildman–Crippen MR) is 98.2 cm³/mol. The lowest BCUT2D eigenvalue weighted by atomic mass is 10.1. The van der Waals surface area contributed by atoms with E-state index in [2.05, 4.69) is 21.5 Å². The second kappa shape index (κ2) is 8.14. The number of nitrogens with zero attached hydrogens (tertiary/aromatic N) is 1. The quantitative estimate of drug-likeness (QED) is 0.817. The van der Waals surface area contributed by atoms with Gasteiger partial charge in [0.25, 0.3) is 5.91 Å². The third-order valence-corrected chi connectivity index (χ3v) is 5.38. The van der Waals surface area contributed by atoms with Crippen LogP contribution >= 0.6 is 11.3 Å². The summed E-state index contributed by atoms with van der Waals surface area (Å²) in [5.41, 5.74) is 2.05. The van der Waals surface area contributed by atoms with Crippen molar-refractivity contribution in [3.8, 4) is 0 Å². The molecule has 0 aliphatic carbocycles. The third kappa shape index (κ3) is 4.11. The number of carbonyl (C=O) groups is 3. The Hall–Kier alpha value is -2.67. The van der Waals surface area contributed by atoms with Crippen LogP contribution in [-0.4, -0.2) is 42.9 Å². The highest BCUT2D eigenvalue weighted by Crippen LogP contribution is 2.24. The number of amides is 2. The number of hydrogen-bond donors (Lipinski definition) is 1. The average Bonchev–Trinajstić information content (AvgIpc) is 3.15. The largest absolute Gasteiger partial charge is 0.465 e. The van der Waals surface area contributed by atoms with Crippen molar-refractivity contribution in [3.63, 3.8) is 0 Å². The third-order valence-electron chi connectivity index (χ3n) is 4.35. The molecule has 0 unspecified atom stereocenters. The summed E-state index contributed by atoms with van der Waals surface area (Å²) in [6, 6.07) is 8.27. The average molecular weight is 372 g/mol. The monoisotopic (exact) mass is 372 g/mol. The highest BCUT2D eigenvalue weighted by Gasteiger charge is 2.21. The van der Waals surface area contributed by atoms with Gasteiger partial charge in [-0.3, -0.25) is 9.59 Å². The van der Waals surface area contributed by atoms with E-state index in [0.717, 1.165) is 13.0 Å². The van der Waals surface area contributed by atoms with Gasteiger partial charge in [0.2, 0.25) is 5.91 Å². The molecule has 1 aliphatic heterocycles. The van der Waals surface area contributed by atoms with Crippen molar-refractivity contribution >= 4 is 29.1 Å². The lowest BCUT2D eigenvalue weighted by Gasteiger charge is -2.27. The van der Waals surface area contributed by atoms with E-state index in [1.54, 1.807) is 23.5 Å². The van der Waals surface area contributed by atoms with Gasteiger partial charge in [0, 0.05) is 36.5 Å². The lowest BCUT2D eigenvalue weighted by molar-refractivity contribution is -0.131. The number of esters is 1. The van der Waals surface area contributed by atoms with E-state index in [1.165, 1.54) is 29.7 Å². The SMILES string of the molecule is COC(=O)c1ccc(C(=O)NCCC(=O)N2CCc3sccc3C2)cc1.